The third-order valence-corrected chi connectivity index (χ3v) is 5.85. The Bertz CT molecular complexity index is 1130. The van der Waals surface area contributed by atoms with E-state index in [4.69, 9.17) is 0 Å². The van der Waals surface area contributed by atoms with Gasteiger partial charge in [0.1, 0.15) is 11.6 Å². The SMILES string of the molecule is N#Cc1c(C(F)(F)F)cc(-c2ccc3c(c2)CCCC3)n(CC2C=CC=CC2)c1=O. The number of nitrogens with zero attached hydrogens (tertiary/aromatic N) is 2. The molecule has 4 rings (SSSR count). The van der Waals surface area contributed by atoms with Gasteiger partial charge >= 0.3 is 6.18 Å². The summed E-state index contributed by atoms with van der Waals surface area (Å²) in [5.41, 5.74) is 0.224. The molecule has 0 spiro atoms. The van der Waals surface area contributed by atoms with Crippen LogP contribution in [0.3, 0.4) is 0 Å². The molecule has 3 nitrogen and oxygen atoms in total. The van der Waals surface area contributed by atoms with Gasteiger partial charge in [-0.3, -0.25) is 4.79 Å². The second-order valence-electron chi connectivity index (χ2n) is 7.84. The van der Waals surface area contributed by atoms with E-state index in [0.29, 0.717) is 12.0 Å². The predicted molar refractivity (Wildman–Crippen MR) is 109 cm³/mol. The minimum Gasteiger partial charge on any atom is -0.307 e. The van der Waals surface area contributed by atoms with Gasteiger partial charge in [0.15, 0.2) is 0 Å². The topological polar surface area (TPSA) is 45.8 Å². The van der Waals surface area contributed by atoms with Gasteiger partial charge in [-0.25, -0.2) is 0 Å². The van der Waals surface area contributed by atoms with Gasteiger partial charge in [0, 0.05) is 6.54 Å². The molecule has 0 N–H and O–H groups in total. The normalized spacial score (nSPS) is 18.1. The zero-order valence-electron chi connectivity index (χ0n) is 16.4. The molecular weight excluding hydrogens is 389 g/mol. The Kier molecular flexibility index (Phi) is 5.38. The molecule has 0 aliphatic heterocycles. The highest BCUT2D eigenvalue weighted by Gasteiger charge is 2.36. The number of aromatic nitrogens is 1. The Labute approximate surface area is 172 Å². The molecule has 0 amide bonds. The highest BCUT2D eigenvalue weighted by molar-refractivity contribution is 5.64. The number of aryl methyl sites for hydroxylation is 2. The molecule has 1 aromatic heterocycles. The van der Waals surface area contributed by atoms with Crippen LogP contribution in [-0.4, -0.2) is 4.57 Å². The molecule has 30 heavy (non-hydrogen) atoms. The van der Waals surface area contributed by atoms with Gasteiger partial charge in [0.25, 0.3) is 5.56 Å². The summed E-state index contributed by atoms with van der Waals surface area (Å²) in [4.78, 5) is 13.0. The fourth-order valence-electron chi connectivity index (χ4n) is 4.29. The molecule has 0 saturated heterocycles. The maximum absolute atomic E-state index is 13.7. The molecule has 1 atom stereocenters. The van der Waals surface area contributed by atoms with Crippen molar-refractivity contribution in [3.8, 4) is 17.3 Å². The van der Waals surface area contributed by atoms with Crippen molar-refractivity contribution in [2.24, 2.45) is 5.92 Å². The van der Waals surface area contributed by atoms with E-state index >= 15 is 0 Å². The fraction of sp³-hybridized carbons (Fsp3) is 0.333. The Morgan fingerprint density at radius 1 is 1.10 bits per heavy atom. The summed E-state index contributed by atoms with van der Waals surface area (Å²) >= 11 is 0. The molecular formula is C24H21F3N2O. The van der Waals surface area contributed by atoms with E-state index < -0.39 is 22.9 Å². The van der Waals surface area contributed by atoms with E-state index in [-0.39, 0.29) is 18.2 Å². The third-order valence-electron chi connectivity index (χ3n) is 5.85. The first-order valence-electron chi connectivity index (χ1n) is 10.1. The summed E-state index contributed by atoms with van der Waals surface area (Å²) < 4.78 is 42.3. The predicted octanol–water partition coefficient (Wildman–Crippen LogP) is 5.42. The number of pyridine rings is 1. The van der Waals surface area contributed by atoms with Crippen molar-refractivity contribution in [2.75, 3.05) is 0 Å². The highest BCUT2D eigenvalue weighted by atomic mass is 19.4. The summed E-state index contributed by atoms with van der Waals surface area (Å²) in [7, 11) is 0. The Balaban J connectivity index is 1.91. The number of allylic oxidation sites excluding steroid dienone is 4. The molecule has 2 aliphatic rings. The van der Waals surface area contributed by atoms with Crippen LogP contribution in [-0.2, 0) is 25.6 Å². The first-order chi connectivity index (χ1) is 14.4. The number of nitriles is 1. The van der Waals surface area contributed by atoms with Crippen molar-refractivity contribution >= 4 is 0 Å². The van der Waals surface area contributed by atoms with Crippen LogP contribution >= 0.6 is 0 Å². The van der Waals surface area contributed by atoms with Crippen LogP contribution in [0, 0.1) is 17.2 Å². The fourth-order valence-corrected chi connectivity index (χ4v) is 4.29. The van der Waals surface area contributed by atoms with Crippen LogP contribution < -0.4 is 5.56 Å². The molecule has 1 unspecified atom stereocenters. The zero-order chi connectivity index (χ0) is 21.3. The van der Waals surface area contributed by atoms with Gasteiger partial charge in [-0.15, -0.1) is 0 Å². The van der Waals surface area contributed by atoms with E-state index in [2.05, 4.69) is 0 Å². The largest absolute Gasteiger partial charge is 0.417 e. The number of halogens is 3. The first kappa shape index (κ1) is 20.2. The second kappa shape index (κ2) is 7.98. The van der Waals surface area contributed by atoms with Crippen molar-refractivity contribution in [3.05, 3.63) is 81.2 Å². The molecule has 0 bridgehead atoms. The van der Waals surface area contributed by atoms with Crippen molar-refractivity contribution in [1.82, 2.24) is 4.57 Å². The lowest BCUT2D eigenvalue weighted by Gasteiger charge is -2.22. The standard InChI is InChI=1S/C24H21F3N2O/c25-24(26,27)21-13-22(19-11-10-17-8-4-5-9-18(17)12-19)29(23(30)20(21)14-28)15-16-6-2-1-3-7-16/h1-3,6,10-13,16H,4-5,7-9,15H2. The van der Waals surface area contributed by atoms with Gasteiger partial charge in [0.05, 0.1) is 11.3 Å². The van der Waals surface area contributed by atoms with E-state index in [9.17, 15) is 23.2 Å². The van der Waals surface area contributed by atoms with Crippen LogP contribution in [0.5, 0.6) is 0 Å². The molecule has 2 aliphatic carbocycles. The first-order valence-corrected chi connectivity index (χ1v) is 10.1. The molecule has 1 aromatic carbocycles. The zero-order valence-corrected chi connectivity index (χ0v) is 16.4. The summed E-state index contributed by atoms with van der Waals surface area (Å²) in [6.07, 6.45) is 7.57. The molecule has 0 fully saturated rings. The average molecular weight is 410 g/mol. The summed E-state index contributed by atoms with van der Waals surface area (Å²) in [6, 6.07) is 8.10. The number of hydrogen-bond donors (Lipinski definition) is 0. The molecule has 154 valence electrons. The van der Waals surface area contributed by atoms with Crippen molar-refractivity contribution < 1.29 is 13.2 Å². The number of benzene rings is 1. The van der Waals surface area contributed by atoms with Gasteiger partial charge in [-0.2, -0.15) is 18.4 Å². The summed E-state index contributed by atoms with van der Waals surface area (Å²) in [6.45, 7) is 0.221. The lowest BCUT2D eigenvalue weighted by molar-refractivity contribution is -0.137. The van der Waals surface area contributed by atoms with E-state index in [0.717, 1.165) is 37.3 Å². The number of fused-ring (bicyclic) bond motifs is 1. The monoisotopic (exact) mass is 410 g/mol. The summed E-state index contributed by atoms with van der Waals surface area (Å²) in [5.74, 6) is -0.0210. The van der Waals surface area contributed by atoms with Crippen LogP contribution in [0.15, 0.2) is 53.4 Å². The molecule has 2 aromatic rings. The molecule has 0 saturated carbocycles. The second-order valence-corrected chi connectivity index (χ2v) is 7.84. The van der Waals surface area contributed by atoms with Gasteiger partial charge in [-0.1, -0.05) is 36.4 Å². The lowest BCUT2D eigenvalue weighted by Crippen LogP contribution is -2.30. The minimum absolute atomic E-state index is 0.0210. The Morgan fingerprint density at radius 3 is 2.53 bits per heavy atom. The van der Waals surface area contributed by atoms with Gasteiger partial charge < -0.3 is 4.57 Å². The number of hydrogen-bond acceptors (Lipinski definition) is 2. The van der Waals surface area contributed by atoms with Gasteiger partial charge in [0.2, 0.25) is 0 Å². The number of alkyl halides is 3. The van der Waals surface area contributed by atoms with E-state index in [1.54, 1.807) is 6.07 Å². The Hall–Kier alpha value is -3.07. The molecule has 1 heterocycles. The molecule has 6 heteroatoms. The van der Waals surface area contributed by atoms with Crippen LogP contribution in [0.4, 0.5) is 13.2 Å². The van der Waals surface area contributed by atoms with Crippen LogP contribution in [0.25, 0.3) is 11.3 Å². The lowest BCUT2D eigenvalue weighted by atomic mass is 9.89. The van der Waals surface area contributed by atoms with Gasteiger partial charge in [-0.05, 0) is 66.8 Å². The van der Waals surface area contributed by atoms with Crippen LogP contribution in [0.1, 0.15) is 41.5 Å². The van der Waals surface area contributed by atoms with E-state index in [1.807, 2.05) is 36.4 Å². The maximum Gasteiger partial charge on any atom is 0.417 e. The number of rotatable bonds is 3. The Morgan fingerprint density at radius 2 is 1.87 bits per heavy atom. The minimum atomic E-state index is -4.78. The van der Waals surface area contributed by atoms with Crippen molar-refractivity contribution in [2.45, 2.75) is 44.8 Å². The van der Waals surface area contributed by atoms with Crippen molar-refractivity contribution in [1.29, 1.82) is 5.26 Å². The average Bonchev–Trinajstić information content (AvgIpc) is 2.74. The smallest absolute Gasteiger partial charge is 0.307 e. The quantitative estimate of drug-likeness (QED) is 0.679. The highest BCUT2D eigenvalue weighted by Crippen LogP contribution is 2.35. The maximum atomic E-state index is 13.7. The van der Waals surface area contributed by atoms with Crippen molar-refractivity contribution in [3.63, 3.8) is 0 Å². The van der Waals surface area contributed by atoms with E-state index in [1.165, 1.54) is 16.2 Å². The third kappa shape index (κ3) is 3.85. The molecule has 0 radical (unpaired) electrons. The summed E-state index contributed by atoms with van der Waals surface area (Å²) in [5, 5.41) is 9.32. The van der Waals surface area contributed by atoms with Crippen LogP contribution in [0.2, 0.25) is 0 Å².